The highest BCUT2D eigenvalue weighted by Crippen LogP contribution is 2.28. The van der Waals surface area contributed by atoms with Crippen LogP contribution in [-0.4, -0.2) is 39.3 Å². The highest BCUT2D eigenvalue weighted by Gasteiger charge is 2.35. The van der Waals surface area contributed by atoms with Gasteiger partial charge in [0.1, 0.15) is 0 Å². The predicted molar refractivity (Wildman–Crippen MR) is 81.4 cm³/mol. The van der Waals surface area contributed by atoms with Crippen LogP contribution in [-0.2, 0) is 9.59 Å². The Hall–Kier alpha value is -3.09. The highest BCUT2D eigenvalue weighted by atomic mass is 16.4. The van der Waals surface area contributed by atoms with Crippen LogP contribution in [0, 0.1) is 5.92 Å². The molecule has 2 atom stereocenters. The zero-order valence-electron chi connectivity index (χ0n) is 12.2. The van der Waals surface area contributed by atoms with Crippen molar-refractivity contribution >= 4 is 23.6 Å². The molecule has 0 radical (unpaired) electrons. The average molecular weight is 317 g/mol. The zero-order chi connectivity index (χ0) is 17.1. The molecule has 0 aliphatic heterocycles. The number of carbonyl (C=O) groups is 3. The minimum atomic E-state index is -1.22. The van der Waals surface area contributed by atoms with Crippen LogP contribution in [0.4, 0.5) is 5.69 Å². The molecule has 2 unspecified atom stereocenters. The van der Waals surface area contributed by atoms with E-state index in [1.807, 2.05) is 0 Å². The van der Waals surface area contributed by atoms with Crippen molar-refractivity contribution in [3.63, 3.8) is 0 Å². The Kier molecular flexibility index (Phi) is 4.49. The first-order valence-electron chi connectivity index (χ1n) is 6.76. The van der Waals surface area contributed by atoms with Gasteiger partial charge in [-0.05, 0) is 30.7 Å². The van der Waals surface area contributed by atoms with Crippen molar-refractivity contribution in [1.82, 2.24) is 0 Å². The van der Waals surface area contributed by atoms with Gasteiger partial charge in [-0.2, -0.15) is 0 Å². The van der Waals surface area contributed by atoms with E-state index in [9.17, 15) is 24.6 Å². The quantitative estimate of drug-likeness (QED) is 0.653. The Morgan fingerprint density at radius 2 is 1.78 bits per heavy atom. The van der Waals surface area contributed by atoms with Gasteiger partial charge < -0.3 is 20.6 Å². The summed E-state index contributed by atoms with van der Waals surface area (Å²) in [6.07, 6.45) is 2.89. The van der Waals surface area contributed by atoms with Crippen molar-refractivity contribution < 1.29 is 29.7 Å². The number of aliphatic carboxylic acids is 2. The van der Waals surface area contributed by atoms with Gasteiger partial charge in [0, 0.05) is 5.69 Å². The van der Waals surface area contributed by atoms with Crippen LogP contribution in [0.15, 0.2) is 47.6 Å². The number of rotatable bonds is 5. The van der Waals surface area contributed by atoms with Gasteiger partial charge in [0.2, 0.25) is 0 Å². The second-order valence-corrected chi connectivity index (χ2v) is 5.13. The van der Waals surface area contributed by atoms with Crippen LogP contribution >= 0.6 is 0 Å². The van der Waals surface area contributed by atoms with E-state index in [1.54, 1.807) is 13.0 Å². The van der Waals surface area contributed by atoms with Crippen LogP contribution in [0.2, 0.25) is 0 Å². The van der Waals surface area contributed by atoms with Crippen molar-refractivity contribution in [2.45, 2.75) is 13.0 Å². The second-order valence-electron chi connectivity index (χ2n) is 5.13. The van der Waals surface area contributed by atoms with Crippen molar-refractivity contribution in [1.29, 1.82) is 0 Å². The van der Waals surface area contributed by atoms with Crippen molar-refractivity contribution in [3.8, 4) is 0 Å². The second kappa shape index (κ2) is 6.35. The summed E-state index contributed by atoms with van der Waals surface area (Å²) >= 11 is 0. The summed E-state index contributed by atoms with van der Waals surface area (Å²) in [6.45, 7) is 1.58. The number of anilines is 1. The molecule has 1 aliphatic rings. The molecule has 0 heterocycles. The lowest BCUT2D eigenvalue weighted by atomic mass is 9.84. The van der Waals surface area contributed by atoms with Gasteiger partial charge in [-0.15, -0.1) is 0 Å². The summed E-state index contributed by atoms with van der Waals surface area (Å²) in [7, 11) is 0. The molecular formula is C16H15NO6. The molecule has 0 spiro atoms. The number of carboxylic acid groups (broad SMARTS) is 3. The molecule has 2 rings (SSSR count). The van der Waals surface area contributed by atoms with Crippen LogP contribution in [0.3, 0.4) is 0 Å². The number of carboxylic acids is 3. The van der Waals surface area contributed by atoms with E-state index in [0.717, 1.165) is 0 Å². The molecule has 4 N–H and O–H groups in total. The maximum absolute atomic E-state index is 11.5. The lowest BCUT2D eigenvalue weighted by molar-refractivity contribution is -0.140. The van der Waals surface area contributed by atoms with E-state index in [1.165, 1.54) is 30.4 Å². The Labute approximate surface area is 131 Å². The molecule has 0 saturated heterocycles. The minimum absolute atomic E-state index is 0.0193. The van der Waals surface area contributed by atoms with E-state index in [0.29, 0.717) is 11.3 Å². The Morgan fingerprint density at radius 1 is 1.09 bits per heavy atom. The van der Waals surface area contributed by atoms with Gasteiger partial charge in [0.05, 0.1) is 23.1 Å². The summed E-state index contributed by atoms with van der Waals surface area (Å²) in [5.74, 6) is -4.58. The fourth-order valence-corrected chi connectivity index (χ4v) is 2.48. The molecule has 1 aliphatic carbocycles. The summed E-state index contributed by atoms with van der Waals surface area (Å²) in [4.78, 5) is 33.9. The van der Waals surface area contributed by atoms with Gasteiger partial charge >= 0.3 is 17.9 Å². The van der Waals surface area contributed by atoms with Gasteiger partial charge in [-0.25, -0.2) is 9.59 Å². The SMILES string of the molecule is CC1=C(C(=O)O)C(Nc2cccc(C(=O)O)c2)C(C(=O)O)C=C1. The van der Waals surface area contributed by atoms with Crippen molar-refractivity contribution in [2.75, 3.05) is 5.32 Å². The summed E-state index contributed by atoms with van der Waals surface area (Å²) in [6, 6.07) is 4.77. The minimum Gasteiger partial charge on any atom is -0.481 e. The van der Waals surface area contributed by atoms with E-state index in [-0.39, 0.29) is 11.1 Å². The fourth-order valence-electron chi connectivity index (χ4n) is 2.48. The van der Waals surface area contributed by atoms with E-state index in [4.69, 9.17) is 5.11 Å². The number of hydrogen-bond donors (Lipinski definition) is 4. The molecule has 0 amide bonds. The van der Waals surface area contributed by atoms with Crippen LogP contribution in [0.5, 0.6) is 0 Å². The molecule has 7 heteroatoms. The number of nitrogens with one attached hydrogen (secondary N) is 1. The fraction of sp³-hybridized carbons (Fsp3) is 0.188. The third-order valence-corrected chi connectivity index (χ3v) is 3.60. The normalized spacial score (nSPS) is 20.2. The van der Waals surface area contributed by atoms with E-state index < -0.39 is 29.9 Å². The van der Waals surface area contributed by atoms with Gasteiger partial charge in [-0.1, -0.05) is 18.2 Å². The standard InChI is InChI=1S/C16H15NO6/c1-8-5-6-11(15(20)21)13(12(8)16(22)23)17-10-4-2-3-9(7-10)14(18)19/h2-7,11,13,17H,1H3,(H,18,19)(H,20,21)(H,22,23). The summed E-state index contributed by atoms with van der Waals surface area (Å²) in [5, 5.41) is 30.5. The van der Waals surface area contributed by atoms with E-state index >= 15 is 0 Å². The third-order valence-electron chi connectivity index (χ3n) is 3.60. The Balaban J connectivity index is 2.42. The monoisotopic (exact) mass is 317 g/mol. The zero-order valence-corrected chi connectivity index (χ0v) is 12.2. The summed E-state index contributed by atoms with van der Waals surface area (Å²) in [5.41, 5.74) is 0.747. The van der Waals surface area contributed by atoms with Crippen molar-refractivity contribution in [2.24, 2.45) is 5.92 Å². The lowest BCUT2D eigenvalue weighted by Gasteiger charge is -2.28. The largest absolute Gasteiger partial charge is 0.481 e. The molecule has 23 heavy (non-hydrogen) atoms. The molecule has 7 nitrogen and oxygen atoms in total. The molecule has 1 aromatic rings. The first-order valence-corrected chi connectivity index (χ1v) is 6.76. The lowest BCUT2D eigenvalue weighted by Crippen LogP contribution is -2.39. The van der Waals surface area contributed by atoms with Gasteiger partial charge in [0.15, 0.2) is 0 Å². The predicted octanol–water partition coefficient (Wildman–Crippen LogP) is 1.84. The maximum atomic E-state index is 11.5. The van der Waals surface area contributed by atoms with E-state index in [2.05, 4.69) is 5.32 Å². The maximum Gasteiger partial charge on any atom is 0.335 e. The Bertz CT molecular complexity index is 734. The number of hydrogen-bond acceptors (Lipinski definition) is 4. The van der Waals surface area contributed by atoms with Crippen LogP contribution in [0.1, 0.15) is 17.3 Å². The number of allylic oxidation sites excluding steroid dienone is 2. The van der Waals surface area contributed by atoms with Crippen LogP contribution in [0.25, 0.3) is 0 Å². The van der Waals surface area contributed by atoms with Crippen molar-refractivity contribution in [3.05, 3.63) is 53.1 Å². The molecule has 0 saturated carbocycles. The third kappa shape index (κ3) is 3.39. The molecule has 0 bridgehead atoms. The number of aromatic carboxylic acids is 1. The van der Waals surface area contributed by atoms with Gasteiger partial charge in [-0.3, -0.25) is 4.79 Å². The summed E-state index contributed by atoms with van der Waals surface area (Å²) < 4.78 is 0. The molecule has 1 aromatic carbocycles. The molecule has 0 aromatic heterocycles. The van der Waals surface area contributed by atoms with Crippen LogP contribution < -0.4 is 5.32 Å². The highest BCUT2D eigenvalue weighted by molar-refractivity contribution is 5.93. The number of benzene rings is 1. The first kappa shape index (κ1) is 16.3. The first-order chi connectivity index (χ1) is 10.8. The molecule has 0 fully saturated rings. The average Bonchev–Trinajstić information content (AvgIpc) is 2.46. The molecular weight excluding hydrogens is 302 g/mol. The Morgan fingerprint density at radius 3 is 2.35 bits per heavy atom. The topological polar surface area (TPSA) is 124 Å². The smallest absolute Gasteiger partial charge is 0.335 e. The molecule has 120 valence electrons. The van der Waals surface area contributed by atoms with Gasteiger partial charge in [0.25, 0.3) is 0 Å².